The van der Waals surface area contributed by atoms with E-state index in [1.807, 2.05) is 18.2 Å². The Morgan fingerprint density at radius 1 is 1.12 bits per heavy atom. The maximum Gasteiger partial charge on any atom is 0.227 e. The quantitative estimate of drug-likeness (QED) is 0.597. The van der Waals surface area contributed by atoms with Gasteiger partial charge in [-0.2, -0.15) is 0 Å². The second kappa shape index (κ2) is 6.28. The van der Waals surface area contributed by atoms with Gasteiger partial charge in [0.1, 0.15) is 11.6 Å². The van der Waals surface area contributed by atoms with Crippen molar-refractivity contribution in [2.45, 2.75) is 17.1 Å². The number of hydrogen-bond acceptors (Lipinski definition) is 4. The smallest absolute Gasteiger partial charge is 0.227 e. The predicted molar refractivity (Wildman–Crippen MR) is 96.4 cm³/mol. The topological polar surface area (TPSA) is 37.8 Å². The Labute approximate surface area is 152 Å². The molecule has 1 aromatic heterocycles. The van der Waals surface area contributed by atoms with E-state index in [1.54, 1.807) is 18.0 Å². The molecule has 1 aliphatic heterocycles. The summed E-state index contributed by atoms with van der Waals surface area (Å²) in [6, 6.07) is 8.88. The van der Waals surface area contributed by atoms with Gasteiger partial charge < -0.3 is 5.32 Å². The molecule has 0 fully saturated rings. The van der Waals surface area contributed by atoms with Crippen LogP contribution in [0.3, 0.4) is 0 Å². The summed E-state index contributed by atoms with van der Waals surface area (Å²) in [5.74, 6) is -1.06. The Hall–Kier alpha value is -2.18. The van der Waals surface area contributed by atoms with Crippen molar-refractivity contribution in [3.8, 4) is 11.3 Å². The van der Waals surface area contributed by atoms with Crippen LogP contribution in [0.5, 0.6) is 0 Å². The molecule has 0 saturated heterocycles. The largest absolute Gasteiger partial charge is 0.324 e. The van der Waals surface area contributed by atoms with E-state index in [4.69, 9.17) is 11.6 Å². The second-order valence-electron chi connectivity index (χ2n) is 5.68. The van der Waals surface area contributed by atoms with Crippen molar-refractivity contribution in [2.24, 2.45) is 0 Å². The first-order valence-corrected chi connectivity index (χ1v) is 8.82. The van der Waals surface area contributed by atoms with Gasteiger partial charge in [0.25, 0.3) is 0 Å². The molecule has 3 aromatic rings. The zero-order valence-corrected chi connectivity index (χ0v) is 14.6. The number of rotatable bonds is 2. The fourth-order valence-corrected chi connectivity index (χ4v) is 4.05. The zero-order valence-electron chi connectivity index (χ0n) is 13.1. The average molecular weight is 376 g/mol. The first kappa shape index (κ1) is 16.3. The number of aromatic nitrogens is 2. The van der Waals surface area contributed by atoms with Crippen LogP contribution in [0.1, 0.15) is 17.7 Å². The van der Waals surface area contributed by atoms with Crippen LogP contribution in [0.25, 0.3) is 11.3 Å². The number of nitrogens with zero attached hydrogens (tertiary/aromatic N) is 2. The molecule has 126 valence electrons. The van der Waals surface area contributed by atoms with Crippen LogP contribution in [0.2, 0.25) is 5.02 Å². The molecule has 2 aromatic carbocycles. The number of nitrogens with one attached hydrogen (secondary N) is 1. The van der Waals surface area contributed by atoms with Crippen molar-refractivity contribution in [3.05, 3.63) is 64.8 Å². The van der Waals surface area contributed by atoms with Crippen molar-refractivity contribution in [1.82, 2.24) is 9.97 Å². The number of anilines is 2. The van der Waals surface area contributed by atoms with Crippen LogP contribution in [0.15, 0.2) is 47.5 Å². The molecule has 4 rings (SSSR count). The van der Waals surface area contributed by atoms with E-state index in [9.17, 15) is 8.78 Å². The maximum atomic E-state index is 13.4. The van der Waals surface area contributed by atoms with Crippen molar-refractivity contribution < 1.29 is 8.78 Å². The first-order chi connectivity index (χ1) is 12.0. The summed E-state index contributed by atoms with van der Waals surface area (Å²) in [6.45, 7) is 2.08. The molecular weight excluding hydrogens is 364 g/mol. The van der Waals surface area contributed by atoms with Crippen molar-refractivity contribution in [1.29, 1.82) is 0 Å². The van der Waals surface area contributed by atoms with Gasteiger partial charge in [-0.1, -0.05) is 11.6 Å². The lowest BCUT2D eigenvalue weighted by Gasteiger charge is -2.24. The van der Waals surface area contributed by atoms with E-state index in [0.717, 1.165) is 27.8 Å². The van der Waals surface area contributed by atoms with E-state index in [2.05, 4.69) is 22.2 Å². The maximum absolute atomic E-state index is 13.4. The van der Waals surface area contributed by atoms with Crippen molar-refractivity contribution >= 4 is 35.0 Å². The normalized spacial score (nSPS) is 15.4. The van der Waals surface area contributed by atoms with Gasteiger partial charge in [-0.3, -0.25) is 0 Å². The highest BCUT2D eigenvalue weighted by molar-refractivity contribution is 7.99. The standard InChI is InChI=1S/C18H12ClF2N3S/c1-9-15-8-22-18(23-13-6-11(20)5-12(21)7-13)24-17(15)14-4-10(19)2-3-16(14)25-9/h2-9H,1H3,(H,22,23,24). The molecule has 1 N–H and O–H groups in total. The highest BCUT2D eigenvalue weighted by Crippen LogP contribution is 2.48. The van der Waals surface area contributed by atoms with E-state index < -0.39 is 11.6 Å². The summed E-state index contributed by atoms with van der Waals surface area (Å²) in [4.78, 5) is 9.93. The lowest BCUT2D eigenvalue weighted by molar-refractivity contribution is 0.584. The van der Waals surface area contributed by atoms with Gasteiger partial charge in [0.2, 0.25) is 5.95 Å². The molecule has 0 spiro atoms. The van der Waals surface area contributed by atoms with Gasteiger partial charge in [-0.15, -0.1) is 11.8 Å². The number of benzene rings is 2. The summed E-state index contributed by atoms with van der Waals surface area (Å²) in [5, 5.41) is 3.68. The van der Waals surface area contributed by atoms with Gasteiger partial charge in [0.05, 0.1) is 5.69 Å². The van der Waals surface area contributed by atoms with Gasteiger partial charge in [-0.05, 0) is 37.3 Å². The third-order valence-electron chi connectivity index (χ3n) is 3.87. The lowest BCUT2D eigenvalue weighted by Crippen LogP contribution is -2.07. The minimum atomic E-state index is -0.664. The van der Waals surface area contributed by atoms with E-state index in [-0.39, 0.29) is 16.9 Å². The summed E-state index contributed by atoms with van der Waals surface area (Å²) >= 11 is 7.85. The molecule has 0 amide bonds. The molecule has 0 aliphatic carbocycles. The Morgan fingerprint density at radius 3 is 2.64 bits per heavy atom. The summed E-state index contributed by atoms with van der Waals surface area (Å²) < 4.78 is 26.7. The highest BCUT2D eigenvalue weighted by atomic mass is 35.5. The zero-order chi connectivity index (χ0) is 17.6. The van der Waals surface area contributed by atoms with Crippen LogP contribution in [0, 0.1) is 11.6 Å². The molecule has 25 heavy (non-hydrogen) atoms. The van der Waals surface area contributed by atoms with Gasteiger partial charge in [-0.25, -0.2) is 18.7 Å². The fraction of sp³-hybridized carbons (Fsp3) is 0.111. The Morgan fingerprint density at radius 2 is 1.88 bits per heavy atom. The Kier molecular flexibility index (Phi) is 4.09. The molecule has 1 atom stereocenters. The lowest BCUT2D eigenvalue weighted by atomic mass is 10.0. The van der Waals surface area contributed by atoms with E-state index >= 15 is 0 Å². The number of thioether (sulfide) groups is 1. The fourth-order valence-electron chi connectivity index (χ4n) is 2.76. The molecule has 0 radical (unpaired) electrons. The van der Waals surface area contributed by atoms with Crippen LogP contribution in [-0.4, -0.2) is 9.97 Å². The van der Waals surface area contributed by atoms with Crippen LogP contribution < -0.4 is 5.32 Å². The SMILES string of the molecule is CC1Sc2ccc(Cl)cc2-c2nc(Nc3cc(F)cc(F)c3)ncc21. The molecule has 2 heterocycles. The second-order valence-corrected chi connectivity index (χ2v) is 7.50. The molecular formula is C18H12ClF2N3S. The van der Waals surface area contributed by atoms with E-state index in [0.29, 0.717) is 5.02 Å². The minimum Gasteiger partial charge on any atom is -0.324 e. The number of fused-ring (bicyclic) bond motifs is 3. The molecule has 0 bridgehead atoms. The van der Waals surface area contributed by atoms with Gasteiger partial charge in [0.15, 0.2) is 0 Å². The number of hydrogen-bond donors (Lipinski definition) is 1. The van der Waals surface area contributed by atoms with E-state index in [1.165, 1.54) is 12.1 Å². The predicted octanol–water partition coefficient (Wildman–Crippen LogP) is 5.99. The summed E-state index contributed by atoms with van der Waals surface area (Å²) in [7, 11) is 0. The van der Waals surface area contributed by atoms with Crippen LogP contribution in [-0.2, 0) is 0 Å². The molecule has 1 aliphatic rings. The summed E-state index contributed by atoms with van der Waals surface area (Å²) in [5.41, 5.74) is 2.96. The van der Waals surface area contributed by atoms with Gasteiger partial charge >= 0.3 is 0 Å². The van der Waals surface area contributed by atoms with Crippen LogP contribution >= 0.6 is 23.4 Å². The molecule has 3 nitrogen and oxygen atoms in total. The van der Waals surface area contributed by atoms with Crippen molar-refractivity contribution in [2.75, 3.05) is 5.32 Å². The third-order valence-corrected chi connectivity index (χ3v) is 5.33. The Bertz CT molecular complexity index is 960. The number of halogens is 3. The minimum absolute atomic E-state index is 0.198. The average Bonchev–Trinajstić information content (AvgIpc) is 2.55. The monoisotopic (exact) mass is 375 g/mol. The summed E-state index contributed by atoms with van der Waals surface area (Å²) in [6.07, 6.45) is 1.74. The first-order valence-electron chi connectivity index (χ1n) is 7.56. The third kappa shape index (κ3) is 3.19. The van der Waals surface area contributed by atoms with Gasteiger partial charge in [0, 0.05) is 44.2 Å². The molecule has 7 heteroatoms. The molecule has 0 saturated carbocycles. The highest BCUT2D eigenvalue weighted by Gasteiger charge is 2.25. The van der Waals surface area contributed by atoms with Crippen LogP contribution in [0.4, 0.5) is 20.4 Å². The van der Waals surface area contributed by atoms with Crippen molar-refractivity contribution in [3.63, 3.8) is 0 Å². The Balaban J connectivity index is 1.77. The molecule has 1 unspecified atom stereocenters.